The number of esters is 1. The first-order chi connectivity index (χ1) is 10.5. The first-order valence-electron chi connectivity index (χ1n) is 6.82. The van der Waals surface area contributed by atoms with E-state index in [0.717, 1.165) is 0 Å². The maximum Gasteiger partial charge on any atom is 0.408 e. The van der Waals surface area contributed by atoms with Crippen LogP contribution in [0.3, 0.4) is 0 Å². The van der Waals surface area contributed by atoms with Gasteiger partial charge >= 0.3 is 12.1 Å². The fourth-order valence-corrected chi connectivity index (χ4v) is 1.87. The van der Waals surface area contributed by atoms with Crippen molar-refractivity contribution in [2.75, 3.05) is 6.61 Å². The van der Waals surface area contributed by atoms with Gasteiger partial charge in [0.2, 0.25) is 0 Å². The molecule has 0 heterocycles. The summed E-state index contributed by atoms with van der Waals surface area (Å²) in [6, 6.07) is 5.67. The van der Waals surface area contributed by atoms with Crippen molar-refractivity contribution in [2.45, 2.75) is 31.9 Å². The van der Waals surface area contributed by atoms with Gasteiger partial charge in [0, 0.05) is 12.1 Å². The molecule has 118 valence electrons. The van der Waals surface area contributed by atoms with Crippen LogP contribution in [-0.4, -0.2) is 29.1 Å². The smallest absolute Gasteiger partial charge is 0.408 e. The minimum absolute atomic E-state index is 0.0348. The first kappa shape index (κ1) is 15.7. The molecule has 1 aliphatic carbocycles. The van der Waals surface area contributed by atoms with Crippen LogP contribution in [0.4, 0.5) is 10.5 Å². The molecule has 0 aromatic heterocycles. The molecule has 0 spiro atoms. The third kappa shape index (κ3) is 3.72. The third-order valence-electron chi connectivity index (χ3n) is 3.27. The van der Waals surface area contributed by atoms with Crippen molar-refractivity contribution in [3.05, 3.63) is 39.9 Å². The lowest BCUT2D eigenvalue weighted by Gasteiger charge is -2.15. The normalized spacial score (nSPS) is 14.8. The zero-order valence-corrected chi connectivity index (χ0v) is 12.0. The van der Waals surface area contributed by atoms with Crippen molar-refractivity contribution in [3.63, 3.8) is 0 Å². The van der Waals surface area contributed by atoms with Gasteiger partial charge in [0.15, 0.2) is 0 Å². The van der Waals surface area contributed by atoms with E-state index in [0.29, 0.717) is 18.4 Å². The average Bonchev–Trinajstić information content (AvgIpc) is 3.26. The molecular weight excluding hydrogens is 292 g/mol. The molecule has 1 saturated carbocycles. The highest BCUT2D eigenvalue weighted by Gasteiger charge is 2.53. The molecule has 0 aliphatic heterocycles. The molecule has 0 atom stereocenters. The molecule has 0 radical (unpaired) electrons. The number of nitrogens with zero attached hydrogens (tertiary/aromatic N) is 1. The molecule has 8 nitrogen and oxygen atoms in total. The lowest BCUT2D eigenvalue weighted by atomic mass is 10.2. The van der Waals surface area contributed by atoms with Crippen molar-refractivity contribution >= 4 is 17.7 Å². The Morgan fingerprint density at radius 3 is 2.41 bits per heavy atom. The van der Waals surface area contributed by atoms with Gasteiger partial charge in [-0.2, -0.15) is 0 Å². The predicted octanol–water partition coefficient (Wildman–Crippen LogP) is 1.92. The number of rotatable bonds is 6. The van der Waals surface area contributed by atoms with Crippen LogP contribution in [-0.2, 0) is 20.9 Å². The minimum Gasteiger partial charge on any atom is -0.464 e. The second-order valence-corrected chi connectivity index (χ2v) is 4.93. The first-order valence-corrected chi connectivity index (χ1v) is 6.82. The Hall–Kier alpha value is -2.64. The van der Waals surface area contributed by atoms with Gasteiger partial charge in [0.1, 0.15) is 12.1 Å². The van der Waals surface area contributed by atoms with E-state index in [2.05, 4.69) is 5.32 Å². The quantitative estimate of drug-likeness (QED) is 0.488. The maximum absolute atomic E-state index is 11.7. The van der Waals surface area contributed by atoms with Crippen molar-refractivity contribution in [1.82, 2.24) is 5.32 Å². The van der Waals surface area contributed by atoms with E-state index in [1.54, 1.807) is 6.92 Å². The number of carbonyl (C=O) groups is 2. The largest absolute Gasteiger partial charge is 0.464 e. The van der Waals surface area contributed by atoms with Gasteiger partial charge in [-0.25, -0.2) is 9.59 Å². The lowest BCUT2D eigenvalue weighted by Crippen LogP contribution is -2.44. The van der Waals surface area contributed by atoms with Gasteiger partial charge in [-0.3, -0.25) is 10.1 Å². The molecule has 1 N–H and O–H groups in total. The molecule has 1 fully saturated rings. The van der Waals surface area contributed by atoms with E-state index in [9.17, 15) is 19.7 Å². The predicted molar refractivity (Wildman–Crippen MR) is 75.0 cm³/mol. The van der Waals surface area contributed by atoms with Crippen molar-refractivity contribution in [2.24, 2.45) is 0 Å². The van der Waals surface area contributed by atoms with Crippen LogP contribution in [0.25, 0.3) is 0 Å². The van der Waals surface area contributed by atoms with E-state index in [1.807, 2.05) is 0 Å². The zero-order chi connectivity index (χ0) is 16.2. The lowest BCUT2D eigenvalue weighted by molar-refractivity contribution is -0.384. The summed E-state index contributed by atoms with van der Waals surface area (Å²) in [4.78, 5) is 33.4. The number of ether oxygens (including phenoxy) is 2. The zero-order valence-electron chi connectivity index (χ0n) is 12.0. The van der Waals surface area contributed by atoms with Crippen LogP contribution in [0.2, 0.25) is 0 Å². The third-order valence-corrected chi connectivity index (χ3v) is 3.27. The fraction of sp³-hybridized carbons (Fsp3) is 0.429. The number of amides is 1. The van der Waals surface area contributed by atoms with Crippen LogP contribution >= 0.6 is 0 Å². The molecule has 8 heteroatoms. The number of nitrogens with one attached hydrogen (secondary N) is 1. The molecule has 0 saturated heterocycles. The van der Waals surface area contributed by atoms with Crippen LogP contribution < -0.4 is 5.32 Å². The number of non-ortho nitro benzene ring substituents is 1. The Morgan fingerprint density at radius 2 is 1.91 bits per heavy atom. The molecule has 1 aromatic rings. The summed E-state index contributed by atoms with van der Waals surface area (Å²) in [6.07, 6.45) is 0.334. The SMILES string of the molecule is CCOC(=O)C1(NC(=O)OCc2ccc([N+](=O)[O-])cc2)CC1. The van der Waals surface area contributed by atoms with Crippen LogP contribution in [0.5, 0.6) is 0 Å². The highest BCUT2D eigenvalue weighted by molar-refractivity contribution is 5.88. The molecule has 0 bridgehead atoms. The number of hydrogen-bond acceptors (Lipinski definition) is 6. The van der Waals surface area contributed by atoms with E-state index < -0.39 is 22.5 Å². The summed E-state index contributed by atoms with van der Waals surface area (Å²) in [7, 11) is 0. The molecule has 0 unspecified atom stereocenters. The Balaban J connectivity index is 1.83. The molecule has 1 aromatic carbocycles. The van der Waals surface area contributed by atoms with E-state index >= 15 is 0 Å². The maximum atomic E-state index is 11.7. The summed E-state index contributed by atoms with van der Waals surface area (Å²) in [5, 5.41) is 13.0. The van der Waals surface area contributed by atoms with Crippen LogP contribution in [0.1, 0.15) is 25.3 Å². The summed E-state index contributed by atoms with van der Waals surface area (Å²) >= 11 is 0. The second-order valence-electron chi connectivity index (χ2n) is 4.93. The summed E-state index contributed by atoms with van der Waals surface area (Å²) in [5.41, 5.74) is -0.378. The van der Waals surface area contributed by atoms with Gasteiger partial charge < -0.3 is 14.8 Å². The Labute approximate surface area is 126 Å². The van der Waals surface area contributed by atoms with Crippen molar-refractivity contribution < 1.29 is 24.0 Å². The van der Waals surface area contributed by atoms with Gasteiger partial charge in [0.05, 0.1) is 11.5 Å². The highest BCUT2D eigenvalue weighted by atomic mass is 16.6. The second kappa shape index (κ2) is 6.42. The van der Waals surface area contributed by atoms with Crippen molar-refractivity contribution in [3.8, 4) is 0 Å². The average molecular weight is 308 g/mol. The Bertz CT molecular complexity index is 580. The van der Waals surface area contributed by atoms with Crippen LogP contribution in [0, 0.1) is 10.1 Å². The summed E-state index contributed by atoms with van der Waals surface area (Å²) < 4.78 is 9.90. The fourth-order valence-electron chi connectivity index (χ4n) is 1.87. The monoisotopic (exact) mass is 308 g/mol. The molecular formula is C14H16N2O6. The number of nitro groups is 1. The minimum atomic E-state index is -0.956. The van der Waals surface area contributed by atoms with Crippen molar-refractivity contribution in [1.29, 1.82) is 0 Å². The van der Waals surface area contributed by atoms with E-state index in [4.69, 9.17) is 9.47 Å². The molecule has 1 aliphatic rings. The van der Waals surface area contributed by atoms with Gasteiger partial charge in [-0.1, -0.05) is 0 Å². The number of carbonyl (C=O) groups excluding carboxylic acids is 2. The van der Waals surface area contributed by atoms with Gasteiger partial charge in [0.25, 0.3) is 5.69 Å². The van der Waals surface area contributed by atoms with Gasteiger partial charge in [-0.05, 0) is 37.5 Å². The van der Waals surface area contributed by atoms with Gasteiger partial charge in [-0.15, -0.1) is 0 Å². The number of nitro benzene ring substituents is 1. The Morgan fingerprint density at radius 1 is 1.27 bits per heavy atom. The molecule has 1 amide bonds. The highest BCUT2D eigenvalue weighted by Crippen LogP contribution is 2.36. The van der Waals surface area contributed by atoms with E-state index in [-0.39, 0.29) is 18.9 Å². The van der Waals surface area contributed by atoms with Crippen LogP contribution in [0.15, 0.2) is 24.3 Å². The number of hydrogen-bond donors (Lipinski definition) is 1. The number of benzene rings is 1. The molecule has 2 rings (SSSR count). The standard InChI is InChI=1S/C14H16N2O6/c1-2-21-12(17)14(7-8-14)15-13(18)22-9-10-3-5-11(6-4-10)16(19)20/h3-6H,2,7-9H2,1H3,(H,15,18). The number of alkyl carbamates (subject to hydrolysis) is 1. The summed E-state index contributed by atoms with van der Waals surface area (Å²) in [5.74, 6) is -0.456. The van der Waals surface area contributed by atoms with E-state index in [1.165, 1.54) is 24.3 Å². The Kier molecular flexibility index (Phi) is 4.59. The topological polar surface area (TPSA) is 108 Å². The summed E-state index contributed by atoms with van der Waals surface area (Å²) in [6.45, 7) is 1.91. The molecule has 22 heavy (non-hydrogen) atoms.